The number of esters is 1. The number of methoxy groups -OCH3 is 1. The number of benzene rings is 1. The van der Waals surface area contributed by atoms with E-state index in [1.807, 2.05) is 0 Å². The van der Waals surface area contributed by atoms with Gasteiger partial charge in [-0.25, -0.2) is 13.2 Å². The molecule has 1 aromatic carbocycles. The summed E-state index contributed by atoms with van der Waals surface area (Å²) in [5, 5.41) is 0.0377. The molecule has 8 heteroatoms. The largest absolute Gasteiger partial charge is 0.494 e. The summed E-state index contributed by atoms with van der Waals surface area (Å²) in [5.74, 6) is -0.930. The van der Waals surface area contributed by atoms with Crippen LogP contribution >= 0.6 is 22.3 Å². The molecule has 0 spiro atoms. The SMILES string of the molecule is COc1c(C(=O)OC(C)C)cc(Cl)cc1S(=O)(=O)Cl. The van der Waals surface area contributed by atoms with Gasteiger partial charge in [-0.1, -0.05) is 11.6 Å². The fraction of sp³-hybridized carbons (Fsp3) is 0.364. The van der Waals surface area contributed by atoms with Crippen LogP contribution in [-0.4, -0.2) is 27.6 Å². The van der Waals surface area contributed by atoms with Gasteiger partial charge in [-0.2, -0.15) is 0 Å². The monoisotopic (exact) mass is 326 g/mol. The molecule has 0 amide bonds. The predicted molar refractivity (Wildman–Crippen MR) is 71.6 cm³/mol. The maximum Gasteiger partial charge on any atom is 0.342 e. The van der Waals surface area contributed by atoms with Gasteiger partial charge in [0.1, 0.15) is 10.5 Å². The summed E-state index contributed by atoms with van der Waals surface area (Å²) >= 11 is 5.78. The van der Waals surface area contributed by atoms with Crippen molar-refractivity contribution in [3.05, 3.63) is 22.7 Å². The smallest absolute Gasteiger partial charge is 0.342 e. The molecule has 0 atom stereocenters. The van der Waals surface area contributed by atoms with Crippen molar-refractivity contribution in [1.82, 2.24) is 0 Å². The van der Waals surface area contributed by atoms with Crippen molar-refractivity contribution >= 4 is 37.3 Å². The van der Waals surface area contributed by atoms with Crippen LogP contribution in [0.15, 0.2) is 17.0 Å². The first kappa shape index (κ1) is 16.1. The Morgan fingerprint density at radius 3 is 2.32 bits per heavy atom. The summed E-state index contributed by atoms with van der Waals surface area (Å²) in [7, 11) is 2.40. The third-order valence-corrected chi connectivity index (χ3v) is 3.59. The second-order valence-corrected chi connectivity index (χ2v) is 6.85. The highest BCUT2D eigenvalue weighted by Gasteiger charge is 2.25. The van der Waals surface area contributed by atoms with Crippen molar-refractivity contribution in [3.8, 4) is 5.75 Å². The molecule has 0 aliphatic carbocycles. The van der Waals surface area contributed by atoms with Crippen LogP contribution in [0.1, 0.15) is 24.2 Å². The highest BCUT2D eigenvalue weighted by molar-refractivity contribution is 8.13. The number of carbonyl (C=O) groups excluding carboxylic acids is 1. The van der Waals surface area contributed by atoms with E-state index in [4.69, 9.17) is 31.8 Å². The van der Waals surface area contributed by atoms with Crippen LogP contribution in [-0.2, 0) is 13.8 Å². The maximum absolute atomic E-state index is 11.9. The summed E-state index contributed by atoms with van der Waals surface area (Å²) in [6.45, 7) is 3.32. The van der Waals surface area contributed by atoms with Crippen LogP contribution in [0.25, 0.3) is 0 Å². The molecule has 0 aliphatic rings. The standard InChI is InChI=1S/C11H12Cl2O5S/c1-6(2)18-11(14)8-4-7(12)5-9(10(8)17-3)19(13,15)16/h4-6H,1-3H3. The summed E-state index contributed by atoms with van der Waals surface area (Å²) < 4.78 is 32.8. The lowest BCUT2D eigenvalue weighted by Crippen LogP contribution is -2.14. The van der Waals surface area contributed by atoms with Gasteiger partial charge in [0.25, 0.3) is 9.05 Å². The lowest BCUT2D eigenvalue weighted by atomic mass is 10.2. The number of hydrogen-bond donors (Lipinski definition) is 0. The fourth-order valence-corrected chi connectivity index (χ4v) is 2.70. The van der Waals surface area contributed by atoms with Gasteiger partial charge in [-0.3, -0.25) is 0 Å². The predicted octanol–water partition coefficient (Wildman–Crippen LogP) is 2.84. The topological polar surface area (TPSA) is 69.7 Å². The molecule has 0 radical (unpaired) electrons. The van der Waals surface area contributed by atoms with Gasteiger partial charge in [-0.05, 0) is 26.0 Å². The summed E-state index contributed by atoms with van der Waals surface area (Å²) in [6.07, 6.45) is -0.368. The van der Waals surface area contributed by atoms with Crippen molar-refractivity contribution in [3.63, 3.8) is 0 Å². The van der Waals surface area contributed by atoms with E-state index in [-0.39, 0.29) is 27.3 Å². The van der Waals surface area contributed by atoms with E-state index in [1.165, 1.54) is 13.2 Å². The van der Waals surface area contributed by atoms with Crippen molar-refractivity contribution in [2.24, 2.45) is 0 Å². The molecule has 0 aromatic heterocycles. The van der Waals surface area contributed by atoms with E-state index in [2.05, 4.69) is 0 Å². The van der Waals surface area contributed by atoms with E-state index >= 15 is 0 Å². The number of carbonyl (C=O) groups is 1. The van der Waals surface area contributed by atoms with Crippen molar-refractivity contribution in [1.29, 1.82) is 0 Å². The van der Waals surface area contributed by atoms with Gasteiger partial charge in [0.2, 0.25) is 0 Å². The molecule has 0 unspecified atom stereocenters. The van der Waals surface area contributed by atoms with Crippen LogP contribution in [0.5, 0.6) is 5.75 Å². The summed E-state index contributed by atoms with van der Waals surface area (Å²) in [5.41, 5.74) is -0.0945. The molecule has 0 fully saturated rings. The Hall–Kier alpha value is -0.980. The Balaban J connectivity index is 3.48. The normalized spacial score (nSPS) is 11.5. The number of hydrogen-bond acceptors (Lipinski definition) is 5. The lowest BCUT2D eigenvalue weighted by Gasteiger charge is -2.13. The average Bonchev–Trinajstić information content (AvgIpc) is 2.25. The molecule has 1 rings (SSSR count). The number of rotatable bonds is 4. The van der Waals surface area contributed by atoms with Crippen LogP contribution in [0, 0.1) is 0 Å². The van der Waals surface area contributed by atoms with Gasteiger partial charge in [0.15, 0.2) is 5.75 Å². The van der Waals surface area contributed by atoms with E-state index in [0.29, 0.717) is 0 Å². The average molecular weight is 327 g/mol. The molecule has 5 nitrogen and oxygen atoms in total. The van der Waals surface area contributed by atoms with Crippen LogP contribution < -0.4 is 4.74 Å². The highest BCUT2D eigenvalue weighted by Crippen LogP contribution is 2.34. The first-order chi connectivity index (χ1) is 8.66. The van der Waals surface area contributed by atoms with Gasteiger partial charge in [0, 0.05) is 15.7 Å². The van der Waals surface area contributed by atoms with E-state index in [0.717, 1.165) is 6.07 Å². The lowest BCUT2D eigenvalue weighted by molar-refractivity contribution is 0.0374. The minimum Gasteiger partial charge on any atom is -0.494 e. The Morgan fingerprint density at radius 1 is 1.32 bits per heavy atom. The first-order valence-corrected chi connectivity index (χ1v) is 7.88. The maximum atomic E-state index is 11.9. The molecule has 0 saturated heterocycles. The molecule has 0 heterocycles. The van der Waals surface area contributed by atoms with Gasteiger partial charge >= 0.3 is 5.97 Å². The highest BCUT2D eigenvalue weighted by atomic mass is 35.7. The number of ether oxygens (including phenoxy) is 2. The van der Waals surface area contributed by atoms with E-state index < -0.39 is 15.0 Å². The first-order valence-electron chi connectivity index (χ1n) is 5.20. The molecule has 1 aromatic rings. The quantitative estimate of drug-likeness (QED) is 0.628. The van der Waals surface area contributed by atoms with Crippen molar-refractivity contribution < 1.29 is 22.7 Å². The molecular formula is C11H12Cl2O5S. The van der Waals surface area contributed by atoms with Gasteiger partial charge in [0.05, 0.1) is 13.2 Å². The molecule has 19 heavy (non-hydrogen) atoms. The van der Waals surface area contributed by atoms with Crippen LogP contribution in [0.4, 0.5) is 0 Å². The number of halogens is 2. The third-order valence-electron chi connectivity index (χ3n) is 2.05. The minimum absolute atomic E-state index is 0.0377. The molecule has 0 saturated carbocycles. The molecule has 0 bridgehead atoms. The summed E-state index contributed by atoms with van der Waals surface area (Å²) in [6, 6.07) is 2.37. The summed E-state index contributed by atoms with van der Waals surface area (Å²) in [4.78, 5) is 11.5. The Kier molecular flexibility index (Phi) is 5.06. The van der Waals surface area contributed by atoms with Crippen molar-refractivity contribution in [2.45, 2.75) is 24.8 Å². The Morgan fingerprint density at radius 2 is 1.89 bits per heavy atom. The third kappa shape index (κ3) is 3.99. The zero-order valence-electron chi connectivity index (χ0n) is 10.4. The molecule has 0 aliphatic heterocycles. The van der Waals surface area contributed by atoms with Crippen LogP contribution in [0.2, 0.25) is 5.02 Å². The minimum atomic E-state index is -4.10. The fourth-order valence-electron chi connectivity index (χ4n) is 1.39. The second kappa shape index (κ2) is 5.98. The second-order valence-electron chi connectivity index (χ2n) is 3.88. The van der Waals surface area contributed by atoms with E-state index in [9.17, 15) is 13.2 Å². The Labute approximate surface area is 120 Å². The van der Waals surface area contributed by atoms with Gasteiger partial charge < -0.3 is 9.47 Å². The van der Waals surface area contributed by atoms with Crippen molar-refractivity contribution in [2.75, 3.05) is 7.11 Å². The molecule has 0 N–H and O–H groups in total. The molecular weight excluding hydrogens is 315 g/mol. The van der Waals surface area contributed by atoms with Gasteiger partial charge in [-0.15, -0.1) is 0 Å². The zero-order valence-corrected chi connectivity index (χ0v) is 12.8. The van der Waals surface area contributed by atoms with Crippen LogP contribution in [0.3, 0.4) is 0 Å². The molecule has 106 valence electrons. The van der Waals surface area contributed by atoms with E-state index in [1.54, 1.807) is 13.8 Å². The Bertz CT molecular complexity index is 595. The zero-order chi connectivity index (χ0) is 14.8.